The Morgan fingerprint density at radius 1 is 1.11 bits per heavy atom. The van der Waals surface area contributed by atoms with Gasteiger partial charge >= 0.3 is 0 Å². The zero-order valence-electron chi connectivity index (χ0n) is 11.5. The highest BCUT2D eigenvalue weighted by atomic mass is 35.5. The first-order chi connectivity index (χ1) is 9.33. The molecule has 0 saturated heterocycles. The maximum Gasteiger partial charge on any atom is 0.122 e. The van der Waals surface area contributed by atoms with E-state index in [1.807, 2.05) is 0 Å². The van der Waals surface area contributed by atoms with Gasteiger partial charge in [-0.3, -0.25) is 0 Å². The van der Waals surface area contributed by atoms with Crippen LogP contribution in [0.1, 0.15) is 56.4 Å². The Kier molecular flexibility index (Phi) is 4.32. The van der Waals surface area contributed by atoms with Crippen molar-refractivity contribution in [3.05, 3.63) is 29.8 Å². The van der Waals surface area contributed by atoms with Gasteiger partial charge in [-0.05, 0) is 49.1 Å². The Bertz CT molecular complexity index is 417. The molecule has 2 aliphatic rings. The highest BCUT2D eigenvalue weighted by molar-refractivity contribution is 6.20. The van der Waals surface area contributed by atoms with Crippen molar-refractivity contribution < 1.29 is 4.74 Å². The van der Waals surface area contributed by atoms with Gasteiger partial charge in [-0.2, -0.15) is 0 Å². The zero-order chi connectivity index (χ0) is 13.1. The van der Waals surface area contributed by atoms with Gasteiger partial charge in [0, 0.05) is 5.38 Å². The minimum absolute atomic E-state index is 0.405. The van der Waals surface area contributed by atoms with Crippen molar-refractivity contribution in [2.45, 2.75) is 56.2 Å². The molecule has 1 saturated carbocycles. The minimum Gasteiger partial charge on any atom is -0.493 e. The van der Waals surface area contributed by atoms with Crippen molar-refractivity contribution in [2.75, 3.05) is 6.61 Å². The molecule has 0 aromatic heterocycles. The van der Waals surface area contributed by atoms with Gasteiger partial charge in [-0.25, -0.2) is 0 Å². The minimum atomic E-state index is 0.405. The van der Waals surface area contributed by atoms with Crippen LogP contribution in [0.25, 0.3) is 0 Å². The molecule has 0 bridgehead atoms. The highest BCUT2D eigenvalue weighted by Crippen LogP contribution is 2.40. The molecule has 19 heavy (non-hydrogen) atoms. The van der Waals surface area contributed by atoms with Crippen molar-refractivity contribution in [1.29, 1.82) is 0 Å². The van der Waals surface area contributed by atoms with Crippen LogP contribution in [0, 0.1) is 5.92 Å². The van der Waals surface area contributed by atoms with E-state index >= 15 is 0 Å². The Morgan fingerprint density at radius 3 is 2.89 bits per heavy atom. The standard InChI is InChI=1S/C17H23ClO/c18-15-6-2-1-5-13(12-15)11-14-9-10-19-17-8-4-3-7-16(14)17/h3-4,7-8,13-15H,1-2,5-6,9-12H2. The van der Waals surface area contributed by atoms with Gasteiger partial charge in [-0.15, -0.1) is 11.6 Å². The second-order valence-electron chi connectivity index (χ2n) is 6.09. The molecule has 0 amide bonds. The van der Waals surface area contributed by atoms with E-state index in [9.17, 15) is 0 Å². The molecule has 1 aromatic carbocycles. The number of hydrogen-bond acceptors (Lipinski definition) is 1. The molecule has 1 fully saturated rings. The Hall–Kier alpha value is -0.690. The summed E-state index contributed by atoms with van der Waals surface area (Å²) in [6.07, 6.45) is 8.92. The van der Waals surface area contributed by atoms with Crippen molar-refractivity contribution in [2.24, 2.45) is 5.92 Å². The lowest BCUT2D eigenvalue weighted by Gasteiger charge is -2.29. The summed E-state index contributed by atoms with van der Waals surface area (Å²) in [6, 6.07) is 8.56. The fourth-order valence-corrected chi connectivity index (χ4v) is 4.08. The third-order valence-corrected chi connectivity index (χ3v) is 5.07. The molecule has 1 nitrogen and oxygen atoms in total. The van der Waals surface area contributed by atoms with Crippen LogP contribution in [0.4, 0.5) is 0 Å². The van der Waals surface area contributed by atoms with Crippen LogP contribution < -0.4 is 4.74 Å². The molecule has 0 spiro atoms. The molecule has 1 aliphatic heterocycles. The van der Waals surface area contributed by atoms with Gasteiger partial charge < -0.3 is 4.74 Å². The number of halogens is 1. The number of ether oxygens (including phenoxy) is 1. The summed E-state index contributed by atoms with van der Waals surface area (Å²) >= 11 is 6.41. The fourth-order valence-electron chi connectivity index (χ4n) is 3.67. The van der Waals surface area contributed by atoms with Crippen molar-refractivity contribution >= 4 is 11.6 Å². The molecular weight excluding hydrogens is 256 g/mol. The molecule has 3 unspecified atom stereocenters. The van der Waals surface area contributed by atoms with Crippen LogP contribution in [0.15, 0.2) is 24.3 Å². The summed E-state index contributed by atoms with van der Waals surface area (Å²) in [5.41, 5.74) is 1.42. The topological polar surface area (TPSA) is 9.23 Å². The molecule has 2 heteroatoms. The number of alkyl halides is 1. The van der Waals surface area contributed by atoms with E-state index < -0.39 is 0 Å². The second-order valence-corrected chi connectivity index (χ2v) is 6.71. The van der Waals surface area contributed by atoms with Gasteiger partial charge in [0.15, 0.2) is 0 Å². The molecule has 3 atom stereocenters. The highest BCUT2D eigenvalue weighted by Gasteiger charge is 2.26. The van der Waals surface area contributed by atoms with E-state index in [1.54, 1.807) is 0 Å². The summed E-state index contributed by atoms with van der Waals surface area (Å²) in [7, 11) is 0. The lowest BCUT2D eigenvalue weighted by molar-refractivity contribution is 0.247. The summed E-state index contributed by atoms with van der Waals surface area (Å²) in [6.45, 7) is 0.874. The van der Waals surface area contributed by atoms with E-state index in [1.165, 1.54) is 50.5 Å². The average Bonchev–Trinajstić information content (AvgIpc) is 2.63. The van der Waals surface area contributed by atoms with Crippen LogP contribution in [0.3, 0.4) is 0 Å². The molecule has 104 valence electrons. The second kappa shape index (κ2) is 6.17. The Morgan fingerprint density at radius 2 is 1.95 bits per heavy atom. The van der Waals surface area contributed by atoms with E-state index in [2.05, 4.69) is 24.3 Å². The van der Waals surface area contributed by atoms with E-state index in [-0.39, 0.29) is 0 Å². The van der Waals surface area contributed by atoms with Gasteiger partial charge in [0.2, 0.25) is 0 Å². The first kappa shape index (κ1) is 13.3. The Balaban J connectivity index is 1.70. The predicted octanol–water partition coefficient (Wildman–Crippen LogP) is 5.13. The number of para-hydroxylation sites is 1. The number of fused-ring (bicyclic) bond motifs is 1. The van der Waals surface area contributed by atoms with Crippen molar-refractivity contribution in [3.8, 4) is 5.75 Å². The van der Waals surface area contributed by atoms with Gasteiger partial charge in [0.1, 0.15) is 5.75 Å². The molecule has 0 N–H and O–H groups in total. The molecule has 1 heterocycles. The smallest absolute Gasteiger partial charge is 0.122 e. The SMILES string of the molecule is ClC1CCCCC(CC2CCOc3ccccc32)C1. The summed E-state index contributed by atoms with van der Waals surface area (Å²) in [4.78, 5) is 0. The first-order valence-electron chi connectivity index (χ1n) is 7.68. The number of benzene rings is 1. The molecule has 1 aromatic rings. The molecular formula is C17H23ClO. The lowest BCUT2D eigenvalue weighted by Crippen LogP contribution is -2.18. The third-order valence-electron chi connectivity index (χ3n) is 4.67. The normalized spacial score (nSPS) is 31.1. The van der Waals surface area contributed by atoms with Crippen molar-refractivity contribution in [1.82, 2.24) is 0 Å². The summed E-state index contributed by atoms with van der Waals surface area (Å²) in [5, 5.41) is 0.405. The largest absolute Gasteiger partial charge is 0.493 e. The van der Waals surface area contributed by atoms with Crippen LogP contribution >= 0.6 is 11.6 Å². The van der Waals surface area contributed by atoms with E-state index in [0.717, 1.165) is 18.3 Å². The fraction of sp³-hybridized carbons (Fsp3) is 0.647. The Labute approximate surface area is 121 Å². The van der Waals surface area contributed by atoms with E-state index in [4.69, 9.17) is 16.3 Å². The maximum atomic E-state index is 6.41. The number of rotatable bonds is 2. The van der Waals surface area contributed by atoms with Crippen molar-refractivity contribution in [3.63, 3.8) is 0 Å². The third kappa shape index (κ3) is 3.25. The van der Waals surface area contributed by atoms with Crippen LogP contribution in [0.2, 0.25) is 0 Å². The van der Waals surface area contributed by atoms with Crippen LogP contribution in [-0.2, 0) is 0 Å². The predicted molar refractivity (Wildman–Crippen MR) is 80.1 cm³/mol. The van der Waals surface area contributed by atoms with Gasteiger partial charge in [-0.1, -0.05) is 37.5 Å². The molecule has 1 aliphatic carbocycles. The molecule has 0 radical (unpaired) electrons. The zero-order valence-corrected chi connectivity index (χ0v) is 12.2. The van der Waals surface area contributed by atoms with Crippen LogP contribution in [-0.4, -0.2) is 12.0 Å². The summed E-state index contributed by atoms with van der Waals surface area (Å²) in [5.74, 6) is 2.59. The van der Waals surface area contributed by atoms with Gasteiger partial charge in [0.05, 0.1) is 6.61 Å². The van der Waals surface area contributed by atoms with Gasteiger partial charge in [0.25, 0.3) is 0 Å². The lowest BCUT2D eigenvalue weighted by atomic mass is 9.82. The summed E-state index contributed by atoms with van der Waals surface area (Å²) < 4.78 is 5.76. The quantitative estimate of drug-likeness (QED) is 0.538. The van der Waals surface area contributed by atoms with E-state index in [0.29, 0.717) is 11.3 Å². The average molecular weight is 279 g/mol. The first-order valence-corrected chi connectivity index (χ1v) is 8.12. The monoisotopic (exact) mass is 278 g/mol. The number of hydrogen-bond donors (Lipinski definition) is 0. The maximum absolute atomic E-state index is 6.41. The molecule has 3 rings (SSSR count). The van der Waals surface area contributed by atoms with Crippen LogP contribution in [0.5, 0.6) is 5.75 Å².